The summed E-state index contributed by atoms with van der Waals surface area (Å²) in [5, 5.41) is 5.65. The molecule has 0 spiro atoms. The first-order valence-corrected chi connectivity index (χ1v) is 5.80. The van der Waals surface area contributed by atoms with E-state index < -0.39 is 0 Å². The summed E-state index contributed by atoms with van der Waals surface area (Å²) in [7, 11) is 1.95. The first-order chi connectivity index (χ1) is 7.74. The highest BCUT2D eigenvalue weighted by molar-refractivity contribution is 5.87. The lowest BCUT2D eigenvalue weighted by Crippen LogP contribution is -1.99. The average Bonchev–Trinajstić information content (AvgIpc) is 2.99. The second kappa shape index (κ2) is 3.51. The summed E-state index contributed by atoms with van der Waals surface area (Å²) in [5.41, 5.74) is 2.24. The fourth-order valence-electron chi connectivity index (χ4n) is 1.94. The number of hydrogen-bond acceptors (Lipinski definition) is 2. The molecule has 0 atom stereocenters. The van der Waals surface area contributed by atoms with Crippen molar-refractivity contribution in [2.75, 3.05) is 6.61 Å². The number of fused-ring (bicyclic) bond motifs is 1. The second-order valence-electron chi connectivity index (χ2n) is 4.70. The second-order valence-corrected chi connectivity index (χ2v) is 4.70. The number of aryl methyl sites for hydroxylation is 2. The third kappa shape index (κ3) is 1.66. The lowest BCUT2D eigenvalue weighted by molar-refractivity contribution is 0.302. The Labute approximate surface area is 95.0 Å². The molecule has 0 N–H and O–H groups in total. The van der Waals surface area contributed by atoms with Gasteiger partial charge in [0.2, 0.25) is 0 Å². The van der Waals surface area contributed by atoms with Gasteiger partial charge in [-0.1, -0.05) is 6.07 Å². The molecule has 3 nitrogen and oxygen atoms in total. The van der Waals surface area contributed by atoms with Gasteiger partial charge in [0, 0.05) is 18.6 Å². The number of rotatable bonds is 3. The van der Waals surface area contributed by atoms with Crippen molar-refractivity contribution in [2.45, 2.75) is 19.8 Å². The predicted octanol–water partition coefficient (Wildman–Crippen LogP) is 2.67. The van der Waals surface area contributed by atoms with Gasteiger partial charge in [0.1, 0.15) is 11.3 Å². The normalized spacial score (nSPS) is 15.6. The van der Waals surface area contributed by atoms with Crippen LogP contribution in [0.3, 0.4) is 0 Å². The van der Waals surface area contributed by atoms with E-state index in [-0.39, 0.29) is 0 Å². The predicted molar refractivity (Wildman–Crippen MR) is 63.7 cm³/mol. The fourth-order valence-corrected chi connectivity index (χ4v) is 1.94. The van der Waals surface area contributed by atoms with Gasteiger partial charge in [0.15, 0.2) is 0 Å². The van der Waals surface area contributed by atoms with Crippen LogP contribution in [0.4, 0.5) is 0 Å². The van der Waals surface area contributed by atoms with E-state index in [0.29, 0.717) is 0 Å². The maximum atomic E-state index is 5.84. The first-order valence-electron chi connectivity index (χ1n) is 5.80. The highest BCUT2D eigenvalue weighted by Crippen LogP contribution is 2.32. The number of aromatic nitrogens is 2. The van der Waals surface area contributed by atoms with Gasteiger partial charge in [0.25, 0.3) is 0 Å². The summed E-state index contributed by atoms with van der Waals surface area (Å²) in [6, 6.07) is 4.14. The highest BCUT2D eigenvalue weighted by atomic mass is 16.5. The van der Waals surface area contributed by atoms with Crippen molar-refractivity contribution in [1.82, 2.24) is 9.78 Å². The lowest BCUT2D eigenvalue weighted by atomic mass is 10.1. The molecule has 1 aliphatic rings. The fraction of sp³-hybridized carbons (Fsp3) is 0.462. The van der Waals surface area contributed by atoms with Crippen LogP contribution in [0, 0.1) is 12.8 Å². The van der Waals surface area contributed by atoms with Crippen molar-refractivity contribution in [3.8, 4) is 5.75 Å². The summed E-state index contributed by atoms with van der Waals surface area (Å²) in [6.45, 7) is 2.95. The molecule has 1 aromatic carbocycles. The Morgan fingerprint density at radius 2 is 2.25 bits per heavy atom. The van der Waals surface area contributed by atoms with Crippen LogP contribution < -0.4 is 4.74 Å². The van der Waals surface area contributed by atoms with Crippen LogP contribution in [0.25, 0.3) is 10.9 Å². The molecule has 3 rings (SSSR count). The minimum absolute atomic E-state index is 0.778. The molecule has 1 aromatic heterocycles. The molecule has 0 unspecified atom stereocenters. The summed E-state index contributed by atoms with van der Waals surface area (Å²) < 4.78 is 7.68. The van der Waals surface area contributed by atoms with E-state index in [1.54, 1.807) is 0 Å². The Kier molecular flexibility index (Phi) is 2.13. The Morgan fingerprint density at radius 3 is 3.00 bits per heavy atom. The van der Waals surface area contributed by atoms with Gasteiger partial charge >= 0.3 is 0 Å². The third-order valence-electron chi connectivity index (χ3n) is 3.14. The number of nitrogens with zero attached hydrogens (tertiary/aromatic N) is 2. The third-order valence-corrected chi connectivity index (χ3v) is 3.14. The van der Waals surface area contributed by atoms with E-state index in [4.69, 9.17) is 4.74 Å². The zero-order valence-corrected chi connectivity index (χ0v) is 9.73. The van der Waals surface area contributed by atoms with E-state index in [1.165, 1.54) is 23.8 Å². The summed E-state index contributed by atoms with van der Waals surface area (Å²) in [6.07, 6.45) is 4.68. The molecule has 1 aliphatic carbocycles. The van der Waals surface area contributed by atoms with Gasteiger partial charge in [0.05, 0.1) is 6.61 Å². The van der Waals surface area contributed by atoms with Crippen LogP contribution in [-0.4, -0.2) is 16.4 Å². The Morgan fingerprint density at radius 1 is 1.44 bits per heavy atom. The average molecular weight is 216 g/mol. The van der Waals surface area contributed by atoms with Crippen molar-refractivity contribution < 1.29 is 4.74 Å². The zero-order chi connectivity index (χ0) is 11.1. The molecule has 0 saturated heterocycles. The monoisotopic (exact) mass is 216 g/mol. The lowest BCUT2D eigenvalue weighted by Gasteiger charge is -2.06. The Hall–Kier alpha value is -1.51. The van der Waals surface area contributed by atoms with Gasteiger partial charge in [-0.25, -0.2) is 0 Å². The van der Waals surface area contributed by atoms with E-state index in [1.807, 2.05) is 17.8 Å². The smallest absolute Gasteiger partial charge is 0.147 e. The van der Waals surface area contributed by atoms with Crippen molar-refractivity contribution in [1.29, 1.82) is 0 Å². The van der Waals surface area contributed by atoms with Crippen LogP contribution in [-0.2, 0) is 7.05 Å². The van der Waals surface area contributed by atoms with Gasteiger partial charge in [-0.2, -0.15) is 5.10 Å². The highest BCUT2D eigenvalue weighted by Gasteiger charge is 2.22. The summed E-state index contributed by atoms with van der Waals surface area (Å²) in [5.74, 6) is 1.70. The SMILES string of the molecule is Cc1ccc(OCC2CC2)c2nn(C)cc12. The van der Waals surface area contributed by atoms with E-state index >= 15 is 0 Å². The maximum absolute atomic E-state index is 5.84. The largest absolute Gasteiger partial charge is 0.491 e. The van der Waals surface area contributed by atoms with Crippen LogP contribution in [0.2, 0.25) is 0 Å². The maximum Gasteiger partial charge on any atom is 0.147 e. The van der Waals surface area contributed by atoms with E-state index in [0.717, 1.165) is 23.8 Å². The van der Waals surface area contributed by atoms with E-state index in [9.17, 15) is 0 Å². The summed E-state index contributed by atoms with van der Waals surface area (Å²) in [4.78, 5) is 0. The zero-order valence-electron chi connectivity index (χ0n) is 9.73. The molecule has 3 heteroatoms. The Balaban J connectivity index is 1.98. The molecule has 2 aromatic rings. The van der Waals surface area contributed by atoms with Gasteiger partial charge in [-0.15, -0.1) is 0 Å². The number of hydrogen-bond donors (Lipinski definition) is 0. The first kappa shape index (κ1) is 9.70. The molecule has 1 saturated carbocycles. The van der Waals surface area contributed by atoms with Crippen LogP contribution in [0.5, 0.6) is 5.75 Å². The number of benzene rings is 1. The molecule has 1 fully saturated rings. The standard InChI is InChI=1S/C13H16N2O/c1-9-3-6-12(16-8-10-4-5-10)13-11(9)7-15(2)14-13/h3,6-7,10H,4-5,8H2,1-2H3. The van der Waals surface area contributed by atoms with Gasteiger partial charge in [-0.05, 0) is 37.3 Å². The van der Waals surface area contributed by atoms with Crippen LogP contribution in [0.1, 0.15) is 18.4 Å². The minimum Gasteiger partial charge on any atom is -0.491 e. The minimum atomic E-state index is 0.778. The van der Waals surface area contributed by atoms with Crippen LogP contribution in [0.15, 0.2) is 18.3 Å². The number of ether oxygens (including phenoxy) is 1. The molecular formula is C13H16N2O. The quantitative estimate of drug-likeness (QED) is 0.788. The van der Waals surface area contributed by atoms with Crippen molar-refractivity contribution in [3.05, 3.63) is 23.9 Å². The summed E-state index contributed by atoms with van der Waals surface area (Å²) >= 11 is 0. The van der Waals surface area contributed by atoms with E-state index in [2.05, 4.69) is 24.3 Å². The Bertz CT molecular complexity index is 526. The molecule has 16 heavy (non-hydrogen) atoms. The molecule has 84 valence electrons. The molecular weight excluding hydrogens is 200 g/mol. The van der Waals surface area contributed by atoms with Gasteiger partial charge < -0.3 is 4.74 Å². The molecule has 1 heterocycles. The topological polar surface area (TPSA) is 27.1 Å². The van der Waals surface area contributed by atoms with Crippen molar-refractivity contribution in [3.63, 3.8) is 0 Å². The van der Waals surface area contributed by atoms with Crippen LogP contribution >= 0.6 is 0 Å². The van der Waals surface area contributed by atoms with Crippen molar-refractivity contribution >= 4 is 10.9 Å². The molecule has 0 bridgehead atoms. The van der Waals surface area contributed by atoms with Gasteiger partial charge in [-0.3, -0.25) is 4.68 Å². The molecule has 0 amide bonds. The molecule has 0 aliphatic heterocycles. The van der Waals surface area contributed by atoms with Crippen molar-refractivity contribution in [2.24, 2.45) is 13.0 Å². The molecule has 0 radical (unpaired) electrons.